The Hall–Kier alpha value is -0.860. The molecule has 3 N–H and O–H groups in total. The zero-order chi connectivity index (χ0) is 10.2. The summed E-state index contributed by atoms with van der Waals surface area (Å²) in [7, 11) is 0. The zero-order valence-electron chi connectivity index (χ0n) is 8.53. The van der Waals surface area contributed by atoms with Crippen LogP contribution in [0.15, 0.2) is 24.3 Å². The molecule has 0 aromatic heterocycles. The van der Waals surface area contributed by atoms with Gasteiger partial charge in [-0.25, -0.2) is 0 Å². The second-order valence-corrected chi connectivity index (χ2v) is 4.31. The normalized spacial score (nSPS) is 30.4. The van der Waals surface area contributed by atoms with Gasteiger partial charge in [0, 0.05) is 18.6 Å². The number of hydrogen-bond acceptors (Lipinski definition) is 2. The van der Waals surface area contributed by atoms with Crippen molar-refractivity contribution in [2.75, 3.05) is 13.2 Å². The van der Waals surface area contributed by atoms with E-state index < -0.39 is 0 Å². The van der Waals surface area contributed by atoms with Gasteiger partial charge in [-0.05, 0) is 24.8 Å². The Kier molecular flexibility index (Phi) is 2.33. The van der Waals surface area contributed by atoms with Gasteiger partial charge < -0.3 is 10.8 Å². The van der Waals surface area contributed by atoms with Crippen LogP contribution in [0, 0.1) is 12.8 Å². The van der Waals surface area contributed by atoms with Gasteiger partial charge in [0.1, 0.15) is 0 Å². The van der Waals surface area contributed by atoms with Gasteiger partial charge in [0.15, 0.2) is 0 Å². The molecule has 1 saturated carbocycles. The third-order valence-electron chi connectivity index (χ3n) is 3.44. The molecule has 0 amide bonds. The van der Waals surface area contributed by atoms with Crippen molar-refractivity contribution in [2.45, 2.75) is 18.8 Å². The monoisotopic (exact) mass is 191 g/mol. The summed E-state index contributed by atoms with van der Waals surface area (Å²) in [6, 6.07) is 8.49. The molecule has 0 spiro atoms. The minimum absolute atomic E-state index is 0.0719. The lowest BCUT2D eigenvalue weighted by Crippen LogP contribution is -2.23. The lowest BCUT2D eigenvalue weighted by atomic mass is 9.93. The van der Waals surface area contributed by atoms with Gasteiger partial charge in [0.05, 0.1) is 0 Å². The highest BCUT2D eigenvalue weighted by Crippen LogP contribution is 2.53. The lowest BCUT2D eigenvalue weighted by Gasteiger charge is -2.15. The maximum absolute atomic E-state index is 9.13. The van der Waals surface area contributed by atoms with E-state index in [4.69, 9.17) is 10.8 Å². The number of nitrogens with two attached hydrogens (primary N) is 1. The third kappa shape index (κ3) is 1.35. The first-order valence-electron chi connectivity index (χ1n) is 5.11. The van der Waals surface area contributed by atoms with Gasteiger partial charge in [-0.1, -0.05) is 29.8 Å². The second-order valence-electron chi connectivity index (χ2n) is 4.31. The van der Waals surface area contributed by atoms with Crippen LogP contribution in [0.3, 0.4) is 0 Å². The van der Waals surface area contributed by atoms with E-state index in [-0.39, 0.29) is 12.0 Å². The van der Waals surface area contributed by atoms with E-state index in [1.165, 1.54) is 11.1 Å². The van der Waals surface area contributed by atoms with Crippen LogP contribution in [0.2, 0.25) is 0 Å². The molecule has 76 valence electrons. The standard InChI is InChI=1S/C12H17NO/c1-9-2-4-10(5-3-9)12(8-13)6-11(12)7-14/h2-5,11,14H,6-8,13H2,1H3/t11?,12-/m0/s1. The van der Waals surface area contributed by atoms with Crippen LogP contribution in [-0.2, 0) is 5.41 Å². The van der Waals surface area contributed by atoms with Crippen molar-refractivity contribution in [1.82, 2.24) is 0 Å². The Bertz CT molecular complexity index is 320. The molecule has 0 saturated heterocycles. The smallest absolute Gasteiger partial charge is 0.0468 e. The molecule has 1 aromatic rings. The molecule has 0 radical (unpaired) electrons. The quantitative estimate of drug-likeness (QED) is 0.754. The van der Waals surface area contributed by atoms with Crippen molar-refractivity contribution in [3.05, 3.63) is 35.4 Å². The first-order valence-corrected chi connectivity index (χ1v) is 5.11. The Balaban J connectivity index is 2.26. The molecule has 0 aliphatic heterocycles. The Morgan fingerprint density at radius 3 is 2.50 bits per heavy atom. The summed E-state index contributed by atoms with van der Waals surface area (Å²) in [6.07, 6.45) is 1.03. The summed E-state index contributed by atoms with van der Waals surface area (Å²) < 4.78 is 0. The number of aliphatic hydroxyl groups is 1. The molecule has 0 bridgehead atoms. The average molecular weight is 191 g/mol. The molecule has 2 heteroatoms. The molecular formula is C12H17NO. The summed E-state index contributed by atoms with van der Waals surface area (Å²) in [6.45, 7) is 2.97. The summed E-state index contributed by atoms with van der Waals surface area (Å²) >= 11 is 0. The van der Waals surface area contributed by atoms with Gasteiger partial charge in [-0.15, -0.1) is 0 Å². The highest BCUT2D eigenvalue weighted by Gasteiger charge is 2.53. The van der Waals surface area contributed by atoms with Gasteiger partial charge >= 0.3 is 0 Å². The number of hydrogen-bond donors (Lipinski definition) is 2. The van der Waals surface area contributed by atoms with Crippen LogP contribution in [-0.4, -0.2) is 18.3 Å². The number of aryl methyl sites for hydroxylation is 1. The van der Waals surface area contributed by atoms with Gasteiger partial charge in [-0.3, -0.25) is 0 Å². The molecule has 2 nitrogen and oxygen atoms in total. The maximum atomic E-state index is 9.13. The van der Waals surface area contributed by atoms with Crippen molar-refractivity contribution in [2.24, 2.45) is 11.7 Å². The maximum Gasteiger partial charge on any atom is 0.0468 e. The molecular weight excluding hydrogens is 174 g/mol. The van der Waals surface area contributed by atoms with E-state index in [0.29, 0.717) is 12.5 Å². The summed E-state index contributed by atoms with van der Waals surface area (Å²) in [5, 5.41) is 9.13. The summed E-state index contributed by atoms with van der Waals surface area (Å²) in [4.78, 5) is 0. The fraction of sp³-hybridized carbons (Fsp3) is 0.500. The Morgan fingerprint density at radius 1 is 1.43 bits per heavy atom. The van der Waals surface area contributed by atoms with Crippen LogP contribution in [0.1, 0.15) is 17.5 Å². The average Bonchev–Trinajstić information content (AvgIpc) is 2.94. The van der Waals surface area contributed by atoms with Crippen LogP contribution < -0.4 is 5.73 Å². The topological polar surface area (TPSA) is 46.2 Å². The van der Waals surface area contributed by atoms with E-state index in [1.54, 1.807) is 0 Å². The molecule has 2 rings (SSSR count). The molecule has 0 heterocycles. The van der Waals surface area contributed by atoms with Crippen LogP contribution in [0.5, 0.6) is 0 Å². The predicted octanol–water partition coefficient (Wildman–Crippen LogP) is 1.20. The van der Waals surface area contributed by atoms with Crippen LogP contribution in [0.4, 0.5) is 0 Å². The number of rotatable bonds is 3. The van der Waals surface area contributed by atoms with Gasteiger partial charge in [0.2, 0.25) is 0 Å². The second kappa shape index (κ2) is 3.37. The molecule has 2 atom stereocenters. The first-order chi connectivity index (χ1) is 6.73. The van der Waals surface area contributed by atoms with E-state index in [1.807, 2.05) is 0 Å². The molecule has 1 fully saturated rings. The Labute approximate surface area is 84.7 Å². The summed E-state index contributed by atoms with van der Waals surface area (Å²) in [5.41, 5.74) is 8.41. The first kappa shape index (κ1) is 9.69. The van der Waals surface area contributed by atoms with Gasteiger partial charge in [-0.2, -0.15) is 0 Å². The Morgan fingerprint density at radius 2 is 2.07 bits per heavy atom. The number of aliphatic hydroxyl groups excluding tert-OH is 1. The third-order valence-corrected chi connectivity index (χ3v) is 3.44. The van der Waals surface area contributed by atoms with E-state index in [2.05, 4.69) is 31.2 Å². The molecule has 1 aliphatic carbocycles. The fourth-order valence-corrected chi connectivity index (χ4v) is 2.23. The SMILES string of the molecule is Cc1ccc([C@@]2(CN)CC2CO)cc1. The van der Waals surface area contributed by atoms with Crippen molar-refractivity contribution in [1.29, 1.82) is 0 Å². The minimum atomic E-state index is 0.0719. The van der Waals surface area contributed by atoms with Gasteiger partial charge in [0.25, 0.3) is 0 Å². The highest BCUT2D eigenvalue weighted by atomic mass is 16.3. The van der Waals surface area contributed by atoms with Crippen molar-refractivity contribution in [3.63, 3.8) is 0 Å². The molecule has 1 aromatic carbocycles. The lowest BCUT2D eigenvalue weighted by molar-refractivity contribution is 0.264. The molecule has 14 heavy (non-hydrogen) atoms. The van der Waals surface area contributed by atoms with Crippen LogP contribution in [0.25, 0.3) is 0 Å². The minimum Gasteiger partial charge on any atom is -0.396 e. The van der Waals surface area contributed by atoms with Crippen LogP contribution >= 0.6 is 0 Å². The zero-order valence-corrected chi connectivity index (χ0v) is 8.53. The predicted molar refractivity (Wildman–Crippen MR) is 57.1 cm³/mol. The van der Waals surface area contributed by atoms with Crippen molar-refractivity contribution < 1.29 is 5.11 Å². The van der Waals surface area contributed by atoms with E-state index in [0.717, 1.165) is 6.42 Å². The summed E-state index contributed by atoms with van der Waals surface area (Å²) in [5.74, 6) is 0.371. The van der Waals surface area contributed by atoms with Crippen molar-refractivity contribution >= 4 is 0 Å². The van der Waals surface area contributed by atoms with E-state index >= 15 is 0 Å². The molecule has 1 unspecified atom stereocenters. The number of benzene rings is 1. The molecule has 1 aliphatic rings. The highest BCUT2D eigenvalue weighted by molar-refractivity contribution is 5.36. The largest absolute Gasteiger partial charge is 0.396 e. The fourth-order valence-electron chi connectivity index (χ4n) is 2.23. The van der Waals surface area contributed by atoms with E-state index in [9.17, 15) is 0 Å². The van der Waals surface area contributed by atoms with Crippen molar-refractivity contribution in [3.8, 4) is 0 Å².